The topological polar surface area (TPSA) is 20.3 Å². The number of benzene rings is 1. The zero-order valence-electron chi connectivity index (χ0n) is 10.3. The van der Waals surface area contributed by atoms with Crippen LogP contribution in [0.15, 0.2) is 18.2 Å². The molecule has 0 N–H and O–H groups in total. The van der Waals surface area contributed by atoms with Gasteiger partial charge < -0.3 is 4.90 Å². The second-order valence-electron chi connectivity index (χ2n) is 4.28. The standard InChI is InChI=1S/C13H17BrClNO/c1-9-4-5-11(12(15)8-9)13(17)16(3)7-6-10(2)14/h4-5,8,10H,6-7H2,1-3H3. The maximum absolute atomic E-state index is 12.1. The Morgan fingerprint density at radius 2 is 2.18 bits per heavy atom. The third-order valence-electron chi connectivity index (χ3n) is 2.56. The lowest BCUT2D eigenvalue weighted by atomic mass is 10.1. The Hall–Kier alpha value is -0.540. The second-order valence-corrected chi connectivity index (χ2v) is 6.25. The Bertz CT molecular complexity index is 406. The maximum Gasteiger partial charge on any atom is 0.255 e. The van der Waals surface area contributed by atoms with E-state index in [9.17, 15) is 4.79 Å². The Morgan fingerprint density at radius 3 is 2.71 bits per heavy atom. The molecule has 2 nitrogen and oxygen atoms in total. The number of hydrogen-bond donors (Lipinski definition) is 0. The first-order chi connectivity index (χ1) is 7.91. The lowest BCUT2D eigenvalue weighted by Gasteiger charge is -2.18. The second kappa shape index (κ2) is 6.41. The highest BCUT2D eigenvalue weighted by Crippen LogP contribution is 2.19. The van der Waals surface area contributed by atoms with E-state index in [1.165, 1.54) is 0 Å². The van der Waals surface area contributed by atoms with Crippen molar-refractivity contribution in [3.8, 4) is 0 Å². The van der Waals surface area contributed by atoms with Crippen LogP contribution in [-0.4, -0.2) is 29.2 Å². The molecule has 0 aliphatic rings. The minimum absolute atomic E-state index is 0.0249. The number of rotatable bonds is 4. The number of amides is 1. The van der Waals surface area contributed by atoms with E-state index in [1.54, 1.807) is 18.0 Å². The number of carbonyl (C=O) groups excluding carboxylic acids is 1. The van der Waals surface area contributed by atoms with E-state index in [1.807, 2.05) is 19.1 Å². The summed E-state index contributed by atoms with van der Waals surface area (Å²) in [6, 6.07) is 5.50. The van der Waals surface area contributed by atoms with Crippen LogP contribution in [0.2, 0.25) is 5.02 Å². The fourth-order valence-electron chi connectivity index (χ4n) is 1.47. The van der Waals surface area contributed by atoms with Crippen molar-refractivity contribution in [2.45, 2.75) is 25.1 Å². The van der Waals surface area contributed by atoms with E-state index >= 15 is 0 Å². The summed E-state index contributed by atoms with van der Waals surface area (Å²) in [5.41, 5.74) is 1.63. The quantitative estimate of drug-likeness (QED) is 0.771. The molecule has 0 saturated heterocycles. The number of nitrogens with zero attached hydrogens (tertiary/aromatic N) is 1. The molecule has 1 amide bonds. The van der Waals surface area contributed by atoms with Crippen LogP contribution in [-0.2, 0) is 0 Å². The Labute approximate surface area is 116 Å². The normalized spacial score (nSPS) is 12.3. The molecule has 0 fully saturated rings. The van der Waals surface area contributed by atoms with Gasteiger partial charge in [0, 0.05) is 18.4 Å². The third-order valence-corrected chi connectivity index (χ3v) is 3.33. The molecule has 0 aliphatic carbocycles. The molecule has 1 aromatic rings. The number of hydrogen-bond acceptors (Lipinski definition) is 1. The number of carbonyl (C=O) groups is 1. The van der Waals surface area contributed by atoms with E-state index in [4.69, 9.17) is 11.6 Å². The molecule has 0 saturated carbocycles. The van der Waals surface area contributed by atoms with E-state index in [2.05, 4.69) is 22.9 Å². The molecule has 0 aromatic heterocycles. The fraction of sp³-hybridized carbons (Fsp3) is 0.462. The zero-order chi connectivity index (χ0) is 13.0. The predicted molar refractivity (Wildman–Crippen MR) is 76.2 cm³/mol. The molecule has 1 unspecified atom stereocenters. The van der Waals surface area contributed by atoms with Gasteiger partial charge in [-0.15, -0.1) is 0 Å². The molecule has 0 aliphatic heterocycles. The van der Waals surface area contributed by atoms with Crippen LogP contribution in [0.3, 0.4) is 0 Å². The summed E-state index contributed by atoms with van der Waals surface area (Å²) >= 11 is 9.54. The van der Waals surface area contributed by atoms with Gasteiger partial charge in [0.2, 0.25) is 0 Å². The minimum Gasteiger partial charge on any atom is -0.342 e. The summed E-state index contributed by atoms with van der Waals surface area (Å²) < 4.78 is 0. The first-order valence-electron chi connectivity index (χ1n) is 5.57. The average Bonchev–Trinajstić information content (AvgIpc) is 2.25. The van der Waals surface area contributed by atoms with Crippen LogP contribution in [0.25, 0.3) is 0 Å². The Kier molecular flexibility index (Phi) is 5.47. The summed E-state index contributed by atoms with van der Waals surface area (Å²) in [7, 11) is 1.80. The van der Waals surface area contributed by atoms with Gasteiger partial charge in [0.1, 0.15) is 0 Å². The molecule has 0 radical (unpaired) electrons. The number of aryl methyl sites for hydroxylation is 1. The van der Waals surface area contributed by atoms with Crippen molar-refractivity contribution >= 4 is 33.4 Å². The van der Waals surface area contributed by atoms with Crippen LogP contribution in [0.4, 0.5) is 0 Å². The van der Waals surface area contributed by atoms with Gasteiger partial charge in [-0.25, -0.2) is 0 Å². The highest BCUT2D eigenvalue weighted by molar-refractivity contribution is 9.09. The molecule has 4 heteroatoms. The summed E-state index contributed by atoms with van der Waals surface area (Å²) in [6.45, 7) is 4.74. The van der Waals surface area contributed by atoms with Crippen molar-refractivity contribution in [3.05, 3.63) is 34.3 Å². The molecule has 1 rings (SSSR count). The van der Waals surface area contributed by atoms with Gasteiger partial charge in [0.05, 0.1) is 10.6 Å². The van der Waals surface area contributed by atoms with E-state index in [0.717, 1.165) is 18.5 Å². The predicted octanol–water partition coefficient (Wildman–Crippen LogP) is 3.89. The van der Waals surface area contributed by atoms with Crippen molar-refractivity contribution in [2.75, 3.05) is 13.6 Å². The van der Waals surface area contributed by atoms with Crippen molar-refractivity contribution in [1.29, 1.82) is 0 Å². The summed E-state index contributed by atoms with van der Waals surface area (Å²) in [5.74, 6) is -0.0249. The van der Waals surface area contributed by atoms with Gasteiger partial charge in [-0.2, -0.15) is 0 Å². The summed E-state index contributed by atoms with van der Waals surface area (Å²) in [6.07, 6.45) is 0.922. The third kappa shape index (κ3) is 4.32. The zero-order valence-corrected chi connectivity index (χ0v) is 12.7. The lowest BCUT2D eigenvalue weighted by Crippen LogP contribution is -2.29. The summed E-state index contributed by atoms with van der Waals surface area (Å²) in [5, 5.41) is 0.522. The molecule has 94 valence electrons. The van der Waals surface area contributed by atoms with E-state index in [-0.39, 0.29) is 5.91 Å². The molecule has 1 atom stereocenters. The van der Waals surface area contributed by atoms with Gasteiger partial charge in [-0.3, -0.25) is 4.79 Å². The Morgan fingerprint density at radius 1 is 1.53 bits per heavy atom. The van der Waals surface area contributed by atoms with Crippen molar-refractivity contribution in [1.82, 2.24) is 4.90 Å². The van der Waals surface area contributed by atoms with Crippen LogP contribution in [0.5, 0.6) is 0 Å². The van der Waals surface area contributed by atoms with Gasteiger partial charge in [0.15, 0.2) is 0 Å². The highest BCUT2D eigenvalue weighted by Gasteiger charge is 2.15. The maximum atomic E-state index is 12.1. The van der Waals surface area contributed by atoms with Crippen LogP contribution >= 0.6 is 27.5 Å². The number of halogens is 2. The monoisotopic (exact) mass is 317 g/mol. The van der Waals surface area contributed by atoms with Crippen LogP contribution in [0.1, 0.15) is 29.3 Å². The molecular formula is C13H17BrClNO. The molecule has 1 aromatic carbocycles. The first-order valence-corrected chi connectivity index (χ1v) is 6.87. The highest BCUT2D eigenvalue weighted by atomic mass is 79.9. The molecule has 0 spiro atoms. The minimum atomic E-state index is -0.0249. The lowest BCUT2D eigenvalue weighted by molar-refractivity contribution is 0.0794. The van der Waals surface area contributed by atoms with Crippen molar-refractivity contribution in [3.63, 3.8) is 0 Å². The van der Waals surface area contributed by atoms with E-state index in [0.29, 0.717) is 15.4 Å². The largest absolute Gasteiger partial charge is 0.342 e. The van der Waals surface area contributed by atoms with Crippen LogP contribution in [0, 0.1) is 6.92 Å². The molecule has 0 bridgehead atoms. The van der Waals surface area contributed by atoms with Crippen LogP contribution < -0.4 is 0 Å². The Balaban J connectivity index is 2.75. The van der Waals surface area contributed by atoms with Crippen molar-refractivity contribution in [2.24, 2.45) is 0 Å². The first kappa shape index (κ1) is 14.5. The van der Waals surface area contributed by atoms with Crippen molar-refractivity contribution < 1.29 is 4.79 Å². The van der Waals surface area contributed by atoms with Gasteiger partial charge in [-0.1, -0.05) is 40.5 Å². The fourth-order valence-corrected chi connectivity index (χ4v) is 1.99. The summed E-state index contributed by atoms with van der Waals surface area (Å²) in [4.78, 5) is 14.2. The van der Waals surface area contributed by atoms with E-state index < -0.39 is 0 Å². The molecule has 0 heterocycles. The smallest absolute Gasteiger partial charge is 0.255 e. The van der Waals surface area contributed by atoms with Gasteiger partial charge >= 0.3 is 0 Å². The number of alkyl halides is 1. The van der Waals surface area contributed by atoms with Gasteiger partial charge in [0.25, 0.3) is 5.91 Å². The molecular weight excluding hydrogens is 302 g/mol. The molecule has 17 heavy (non-hydrogen) atoms. The SMILES string of the molecule is Cc1ccc(C(=O)N(C)CCC(C)Br)c(Cl)c1. The average molecular weight is 319 g/mol. The van der Waals surface area contributed by atoms with Gasteiger partial charge in [-0.05, 0) is 31.0 Å².